The molecule has 1 fully saturated rings. The Balaban J connectivity index is 1.24. The molecule has 0 amide bonds. The number of phenols is 1. The summed E-state index contributed by atoms with van der Waals surface area (Å²) >= 11 is 0. The van der Waals surface area contributed by atoms with Crippen LogP contribution in [0.1, 0.15) is 38.4 Å². The lowest BCUT2D eigenvalue weighted by Gasteiger charge is -2.37. The van der Waals surface area contributed by atoms with E-state index in [0.717, 1.165) is 43.2 Å². The van der Waals surface area contributed by atoms with Gasteiger partial charge in [-0.05, 0) is 81.9 Å². The molecule has 3 atom stereocenters. The van der Waals surface area contributed by atoms with E-state index >= 15 is 0 Å². The average molecular weight is 527 g/mol. The number of rotatable bonds is 8. The molecule has 4 aromatic rings. The van der Waals surface area contributed by atoms with E-state index in [9.17, 15) is 9.90 Å². The number of nitrogens with zero attached hydrogens (tertiary/aromatic N) is 6. The van der Waals surface area contributed by atoms with Crippen LogP contribution in [-0.2, 0) is 0 Å². The molecule has 0 spiro atoms. The number of hydrogen-bond acceptors (Lipinski definition) is 6. The first kappa shape index (κ1) is 26.6. The van der Waals surface area contributed by atoms with Gasteiger partial charge in [-0.3, -0.25) is 4.90 Å². The fourth-order valence-corrected chi connectivity index (χ4v) is 5.35. The number of anilines is 2. The summed E-state index contributed by atoms with van der Waals surface area (Å²) in [6.45, 7) is 10.0. The summed E-state index contributed by atoms with van der Waals surface area (Å²) in [5.41, 5.74) is 4.19. The minimum Gasteiger partial charge on any atom is -0.508 e. The summed E-state index contributed by atoms with van der Waals surface area (Å²) in [5.74, 6) is 0.288. The summed E-state index contributed by atoms with van der Waals surface area (Å²) in [7, 11) is 2.10. The Hall–Kier alpha value is -4.04. The van der Waals surface area contributed by atoms with Crippen LogP contribution in [0.2, 0.25) is 0 Å². The quantitative estimate of drug-likeness (QED) is 0.359. The van der Waals surface area contributed by atoms with Crippen molar-refractivity contribution in [2.75, 3.05) is 43.0 Å². The maximum atomic E-state index is 13.4. The standard InChI is InChI=1S/C31H38N6O2/c1-23(33(4)25(3)26-8-6-5-7-9-26)24(2)37-31(39)36(22-32-37)29-12-10-27(11-13-29)34-18-20-35(21-19-34)28-14-16-30(38)17-15-28/h5-17,22-25,38H,18-21H2,1-4H3. The molecule has 3 unspecified atom stereocenters. The van der Waals surface area contributed by atoms with Crippen molar-refractivity contribution < 1.29 is 5.11 Å². The normalized spacial score (nSPS) is 16.3. The lowest BCUT2D eigenvalue weighted by atomic mass is 10.0. The third-order valence-corrected chi connectivity index (χ3v) is 8.30. The minimum absolute atomic E-state index is 0.0981. The highest BCUT2D eigenvalue weighted by Gasteiger charge is 2.26. The Morgan fingerprint density at radius 3 is 1.85 bits per heavy atom. The van der Waals surface area contributed by atoms with Gasteiger partial charge in [-0.25, -0.2) is 14.0 Å². The molecule has 39 heavy (non-hydrogen) atoms. The van der Waals surface area contributed by atoms with E-state index < -0.39 is 0 Å². The van der Waals surface area contributed by atoms with Crippen LogP contribution in [0, 0.1) is 0 Å². The fourth-order valence-electron chi connectivity index (χ4n) is 5.35. The molecule has 8 heteroatoms. The van der Waals surface area contributed by atoms with Gasteiger partial charge in [0.1, 0.15) is 12.1 Å². The predicted octanol–water partition coefficient (Wildman–Crippen LogP) is 4.71. The van der Waals surface area contributed by atoms with Gasteiger partial charge in [-0.1, -0.05) is 30.3 Å². The summed E-state index contributed by atoms with van der Waals surface area (Å²) in [6.07, 6.45) is 1.62. The maximum absolute atomic E-state index is 13.4. The van der Waals surface area contributed by atoms with Crippen molar-refractivity contribution in [3.05, 3.63) is 101 Å². The zero-order chi connectivity index (χ0) is 27.5. The number of piperazine rings is 1. The smallest absolute Gasteiger partial charge is 0.350 e. The summed E-state index contributed by atoms with van der Waals surface area (Å²) in [5, 5.41) is 14.0. The molecule has 1 aliphatic heterocycles. The second kappa shape index (κ2) is 11.4. The Bertz CT molecular complexity index is 1410. The van der Waals surface area contributed by atoms with Crippen LogP contribution in [0.4, 0.5) is 11.4 Å². The molecule has 2 heterocycles. The molecule has 1 N–H and O–H groups in total. The van der Waals surface area contributed by atoms with E-state index in [4.69, 9.17) is 0 Å². The lowest BCUT2D eigenvalue weighted by molar-refractivity contribution is 0.146. The Kier molecular flexibility index (Phi) is 7.74. The number of hydrogen-bond donors (Lipinski definition) is 1. The zero-order valence-electron chi connectivity index (χ0n) is 23.2. The summed E-state index contributed by atoms with van der Waals surface area (Å²) in [4.78, 5) is 20.4. The number of aromatic nitrogens is 3. The van der Waals surface area contributed by atoms with E-state index in [0.29, 0.717) is 0 Å². The number of phenolic OH excluding ortho intramolecular Hbond substituents is 1. The molecule has 1 aromatic heterocycles. The number of benzene rings is 3. The van der Waals surface area contributed by atoms with Crippen molar-refractivity contribution in [3.63, 3.8) is 0 Å². The maximum Gasteiger partial charge on any atom is 0.350 e. The van der Waals surface area contributed by atoms with Crippen LogP contribution in [0.25, 0.3) is 5.69 Å². The molecule has 204 valence electrons. The van der Waals surface area contributed by atoms with Gasteiger partial charge in [0.25, 0.3) is 0 Å². The van der Waals surface area contributed by atoms with E-state index in [-0.39, 0.29) is 29.6 Å². The highest BCUT2D eigenvalue weighted by molar-refractivity contribution is 5.54. The first-order valence-electron chi connectivity index (χ1n) is 13.7. The van der Waals surface area contributed by atoms with Gasteiger partial charge < -0.3 is 14.9 Å². The Morgan fingerprint density at radius 2 is 1.28 bits per heavy atom. The molecule has 1 saturated heterocycles. The van der Waals surface area contributed by atoms with Gasteiger partial charge in [-0.2, -0.15) is 5.10 Å². The van der Waals surface area contributed by atoms with E-state index in [1.54, 1.807) is 27.7 Å². The third-order valence-electron chi connectivity index (χ3n) is 8.30. The molecular formula is C31H38N6O2. The third kappa shape index (κ3) is 5.56. The fraction of sp³-hybridized carbons (Fsp3) is 0.355. The zero-order valence-corrected chi connectivity index (χ0v) is 23.2. The van der Waals surface area contributed by atoms with Crippen molar-refractivity contribution in [1.29, 1.82) is 0 Å². The van der Waals surface area contributed by atoms with Crippen LogP contribution in [-0.4, -0.2) is 63.6 Å². The van der Waals surface area contributed by atoms with Crippen molar-refractivity contribution in [3.8, 4) is 11.4 Å². The Labute approximate surface area is 230 Å². The monoisotopic (exact) mass is 526 g/mol. The van der Waals surface area contributed by atoms with Gasteiger partial charge in [-0.15, -0.1) is 0 Å². The molecule has 0 bridgehead atoms. The van der Waals surface area contributed by atoms with Crippen molar-refractivity contribution in [2.45, 2.75) is 38.9 Å². The van der Waals surface area contributed by atoms with Crippen molar-refractivity contribution in [1.82, 2.24) is 19.2 Å². The number of likely N-dealkylation sites (N-methyl/N-ethyl adjacent to an activating group) is 1. The van der Waals surface area contributed by atoms with E-state index in [2.05, 4.69) is 84.0 Å². The van der Waals surface area contributed by atoms with Gasteiger partial charge >= 0.3 is 5.69 Å². The molecule has 0 radical (unpaired) electrons. The van der Waals surface area contributed by atoms with Crippen molar-refractivity contribution >= 4 is 11.4 Å². The van der Waals surface area contributed by atoms with Crippen molar-refractivity contribution in [2.24, 2.45) is 0 Å². The van der Waals surface area contributed by atoms with E-state index in [1.807, 2.05) is 30.3 Å². The molecule has 3 aromatic carbocycles. The van der Waals surface area contributed by atoms with Crippen LogP contribution < -0.4 is 15.5 Å². The summed E-state index contributed by atoms with van der Waals surface area (Å²) < 4.78 is 3.21. The second-order valence-electron chi connectivity index (χ2n) is 10.5. The first-order chi connectivity index (χ1) is 18.8. The molecule has 8 nitrogen and oxygen atoms in total. The molecule has 1 aliphatic rings. The van der Waals surface area contributed by atoms with Crippen LogP contribution in [0.5, 0.6) is 5.75 Å². The highest BCUT2D eigenvalue weighted by Crippen LogP contribution is 2.26. The summed E-state index contributed by atoms with van der Waals surface area (Å²) in [6, 6.07) is 26.2. The van der Waals surface area contributed by atoms with E-state index in [1.165, 1.54) is 5.56 Å². The second-order valence-corrected chi connectivity index (χ2v) is 10.5. The lowest BCUT2D eigenvalue weighted by Crippen LogP contribution is -2.46. The van der Waals surface area contributed by atoms with Crippen LogP contribution >= 0.6 is 0 Å². The van der Waals surface area contributed by atoms with Gasteiger partial charge in [0, 0.05) is 49.6 Å². The SMILES string of the molecule is CC(c1ccccc1)N(C)C(C)C(C)n1ncn(-c2ccc(N3CCN(c4ccc(O)cc4)CC3)cc2)c1=O. The van der Waals surface area contributed by atoms with Crippen LogP contribution in [0.15, 0.2) is 90.0 Å². The number of aromatic hydroxyl groups is 1. The highest BCUT2D eigenvalue weighted by atomic mass is 16.3. The molecule has 5 rings (SSSR count). The first-order valence-corrected chi connectivity index (χ1v) is 13.7. The van der Waals surface area contributed by atoms with Gasteiger partial charge in [0.05, 0.1) is 11.7 Å². The average Bonchev–Trinajstić information content (AvgIpc) is 3.37. The molecule has 0 saturated carbocycles. The van der Waals surface area contributed by atoms with Crippen LogP contribution in [0.3, 0.4) is 0 Å². The van der Waals surface area contributed by atoms with Gasteiger partial charge in [0.15, 0.2) is 0 Å². The largest absolute Gasteiger partial charge is 0.508 e. The molecular weight excluding hydrogens is 488 g/mol. The topological polar surface area (TPSA) is 69.8 Å². The molecule has 0 aliphatic carbocycles. The Morgan fingerprint density at radius 1 is 0.769 bits per heavy atom. The minimum atomic E-state index is -0.134. The van der Waals surface area contributed by atoms with Gasteiger partial charge in [0.2, 0.25) is 0 Å². The predicted molar refractivity (Wildman–Crippen MR) is 157 cm³/mol.